The van der Waals surface area contributed by atoms with Crippen LogP contribution in [-0.2, 0) is 0 Å². The minimum Gasteiger partial charge on any atom is -0.305 e. The van der Waals surface area contributed by atoms with Crippen LogP contribution in [0.15, 0.2) is 206 Å². The minimum absolute atomic E-state index is 0.533. The van der Waals surface area contributed by atoms with Crippen LogP contribution in [0, 0.1) is 59.2 Å². The molecule has 10 nitrogen and oxygen atoms in total. The molecule has 10 heteroatoms. The van der Waals surface area contributed by atoms with Crippen molar-refractivity contribution < 1.29 is 0 Å². The number of nitrogens with zero attached hydrogens (tertiary/aromatic N) is 10. The minimum atomic E-state index is 0.533. The quantitative estimate of drug-likeness (QED) is 0.162. The molecule has 15 rings (SSSR count). The number of para-hydroxylation sites is 4. The van der Waals surface area contributed by atoms with Gasteiger partial charge in [0.25, 0.3) is 0 Å². The molecule has 9 aromatic carbocycles. The largest absolute Gasteiger partial charge is 0.305 e. The van der Waals surface area contributed by atoms with E-state index in [0.29, 0.717) is 33.9 Å². The molecule has 0 spiro atoms. The monoisotopic (exact) mass is 1020 g/mol. The number of fused-ring (bicyclic) bond motifs is 12. The maximum atomic E-state index is 10.5. The van der Waals surface area contributed by atoms with E-state index < -0.39 is 0 Å². The lowest BCUT2D eigenvalue weighted by atomic mass is 9.91. The second-order valence-corrected chi connectivity index (χ2v) is 20.3. The Kier molecular flexibility index (Phi) is 10.0. The molecule has 0 aliphatic carbocycles. The van der Waals surface area contributed by atoms with Gasteiger partial charge in [0.2, 0.25) is 0 Å². The topological polar surface area (TPSA) is 141 Å². The predicted molar refractivity (Wildman–Crippen MR) is 319 cm³/mol. The van der Waals surface area contributed by atoms with Crippen LogP contribution >= 0.6 is 0 Å². The molecular weight excluding hydrogens is 981 g/mol. The van der Waals surface area contributed by atoms with Crippen LogP contribution in [0.5, 0.6) is 0 Å². The van der Waals surface area contributed by atoms with Crippen molar-refractivity contribution in [2.75, 3.05) is 0 Å². The van der Waals surface area contributed by atoms with E-state index in [9.17, 15) is 21.0 Å². The molecule has 0 amide bonds. The fourth-order valence-electron chi connectivity index (χ4n) is 12.6. The van der Waals surface area contributed by atoms with Gasteiger partial charge in [0.15, 0.2) is 11.6 Å². The average Bonchev–Trinajstić information content (AvgIpc) is 3.94. The van der Waals surface area contributed by atoms with Crippen LogP contribution in [0.4, 0.5) is 0 Å². The van der Waals surface area contributed by atoms with Crippen LogP contribution in [0.1, 0.15) is 33.6 Å². The van der Waals surface area contributed by atoms with Crippen molar-refractivity contribution in [3.8, 4) is 69.5 Å². The van der Waals surface area contributed by atoms with Crippen LogP contribution in [0.25, 0.3) is 132 Å². The fourth-order valence-corrected chi connectivity index (χ4v) is 12.6. The van der Waals surface area contributed by atoms with Crippen molar-refractivity contribution in [2.45, 2.75) is 13.8 Å². The SMILES string of the molecule is Cc1cc(-c2ccccc2-c2c(-n3c4ccccc4c4cc(C#N)ccc43)c(-n3c4ccccc4c4cc(C#N)ccc43)nc(-n3c4ccccc4c4cc(C#N)ccc43)c2-n2c3ccccc3c3cc(C#N)ccc32)cc(C)n1. The van der Waals surface area contributed by atoms with Gasteiger partial charge in [-0.05, 0) is 140 Å². The molecule has 6 heterocycles. The average molecular weight is 1020 g/mol. The summed E-state index contributed by atoms with van der Waals surface area (Å²) < 4.78 is 9.15. The summed E-state index contributed by atoms with van der Waals surface area (Å²) in [5.41, 5.74) is 16.0. The van der Waals surface area contributed by atoms with Crippen molar-refractivity contribution in [2.24, 2.45) is 0 Å². The van der Waals surface area contributed by atoms with Crippen LogP contribution in [0.3, 0.4) is 0 Å². The van der Waals surface area contributed by atoms with Crippen molar-refractivity contribution in [1.29, 1.82) is 21.0 Å². The Balaban J connectivity index is 1.30. The van der Waals surface area contributed by atoms with Crippen molar-refractivity contribution in [3.05, 3.63) is 240 Å². The Labute approximate surface area is 457 Å². The molecule has 0 aliphatic rings. The van der Waals surface area contributed by atoms with Crippen LogP contribution in [0.2, 0.25) is 0 Å². The van der Waals surface area contributed by atoms with Gasteiger partial charge in [0.05, 0.1) is 90.7 Å². The number of hydrogen-bond acceptors (Lipinski definition) is 6. The molecule has 0 radical (unpaired) electrons. The zero-order valence-electron chi connectivity index (χ0n) is 43.1. The molecule has 0 aliphatic heterocycles. The standard InChI is InChI=1S/C70H40N10/c1-41-31-47(32-42(2)75-41)48-13-3-4-18-53(48)66-67(77-58-19-9-5-14-49(58)54-33-43(37-71)23-27-62(54)77)69(79-60-21-11-7-16-51(60)56-35-45(39-73)25-29-64(56)79)76-70(80-61-22-12-8-17-52(61)57-36-46(40-74)26-30-65(57)80)68(66)78-59-20-10-6-15-50(59)55-34-44(38-72)24-28-63(55)78/h3-36H,1-2H3. The molecule has 0 saturated heterocycles. The molecule has 0 unspecified atom stereocenters. The first-order chi connectivity index (χ1) is 39.3. The lowest BCUT2D eigenvalue weighted by molar-refractivity contribution is 0.961. The van der Waals surface area contributed by atoms with Gasteiger partial charge in [0.1, 0.15) is 11.4 Å². The Hall–Kier alpha value is -11.6. The molecule has 6 aromatic heterocycles. The van der Waals surface area contributed by atoms with Crippen molar-refractivity contribution >= 4 is 87.2 Å². The molecule has 0 saturated carbocycles. The lowest BCUT2D eigenvalue weighted by Crippen LogP contribution is -2.16. The van der Waals surface area contributed by atoms with E-state index in [1.807, 2.05) is 123 Å². The predicted octanol–water partition coefficient (Wildman–Crippen LogP) is 16.3. The first-order valence-electron chi connectivity index (χ1n) is 26.2. The summed E-state index contributed by atoms with van der Waals surface area (Å²) in [5, 5.41) is 49.2. The number of aromatic nitrogens is 6. The van der Waals surface area contributed by atoms with Gasteiger partial charge < -0.3 is 9.13 Å². The third kappa shape index (κ3) is 6.61. The summed E-state index contributed by atoms with van der Waals surface area (Å²) >= 11 is 0. The Morgan fingerprint density at radius 3 is 0.963 bits per heavy atom. The highest BCUT2D eigenvalue weighted by molar-refractivity contribution is 6.16. The van der Waals surface area contributed by atoms with Crippen LogP contribution < -0.4 is 0 Å². The summed E-state index contributed by atoms with van der Waals surface area (Å²) in [6, 6.07) is 79.3. The zero-order chi connectivity index (χ0) is 53.9. The Bertz CT molecular complexity index is 5100. The van der Waals surface area contributed by atoms with E-state index in [0.717, 1.165) is 132 Å². The van der Waals surface area contributed by atoms with Gasteiger partial charge in [-0.2, -0.15) is 21.0 Å². The van der Waals surface area contributed by atoms with Gasteiger partial charge in [-0.25, -0.2) is 4.98 Å². The number of pyridine rings is 2. The highest BCUT2D eigenvalue weighted by atomic mass is 15.2. The maximum Gasteiger partial charge on any atom is 0.165 e. The number of aryl methyl sites for hydroxylation is 2. The molecule has 0 N–H and O–H groups in total. The Morgan fingerprint density at radius 1 is 0.300 bits per heavy atom. The second-order valence-electron chi connectivity index (χ2n) is 20.3. The second kappa shape index (κ2) is 17.5. The third-order valence-electron chi connectivity index (χ3n) is 15.8. The third-order valence-corrected chi connectivity index (χ3v) is 15.8. The van der Waals surface area contributed by atoms with Crippen molar-refractivity contribution in [1.82, 2.24) is 28.2 Å². The lowest BCUT2D eigenvalue weighted by Gasteiger charge is -2.27. The van der Waals surface area contributed by atoms with E-state index in [-0.39, 0.29) is 0 Å². The summed E-state index contributed by atoms with van der Waals surface area (Å²) in [4.78, 5) is 11.2. The number of rotatable bonds is 6. The first-order valence-corrected chi connectivity index (χ1v) is 26.2. The Morgan fingerprint density at radius 2 is 0.600 bits per heavy atom. The first kappa shape index (κ1) is 45.8. The van der Waals surface area contributed by atoms with Gasteiger partial charge in [0, 0.05) is 60.0 Å². The highest BCUT2D eigenvalue weighted by Gasteiger charge is 2.34. The number of benzene rings is 9. The molecule has 0 bridgehead atoms. The van der Waals surface area contributed by atoms with Gasteiger partial charge in [-0.3, -0.25) is 14.1 Å². The van der Waals surface area contributed by atoms with Gasteiger partial charge in [-0.15, -0.1) is 0 Å². The molecule has 0 atom stereocenters. The summed E-state index contributed by atoms with van der Waals surface area (Å²) in [6.07, 6.45) is 0. The maximum absolute atomic E-state index is 10.5. The zero-order valence-corrected chi connectivity index (χ0v) is 43.1. The molecule has 0 fully saturated rings. The molecule has 80 heavy (non-hydrogen) atoms. The summed E-state index contributed by atoms with van der Waals surface area (Å²) in [7, 11) is 0. The van der Waals surface area contributed by atoms with E-state index in [4.69, 9.17) is 9.97 Å². The van der Waals surface area contributed by atoms with Crippen molar-refractivity contribution in [3.63, 3.8) is 0 Å². The summed E-state index contributed by atoms with van der Waals surface area (Å²) in [6.45, 7) is 4.06. The van der Waals surface area contributed by atoms with E-state index >= 15 is 0 Å². The van der Waals surface area contributed by atoms with E-state index in [1.165, 1.54) is 0 Å². The van der Waals surface area contributed by atoms with Gasteiger partial charge in [-0.1, -0.05) is 97.1 Å². The highest BCUT2D eigenvalue weighted by Crippen LogP contribution is 2.51. The van der Waals surface area contributed by atoms with E-state index in [2.05, 4.69) is 140 Å². The van der Waals surface area contributed by atoms with E-state index in [1.54, 1.807) is 0 Å². The molecule has 370 valence electrons. The van der Waals surface area contributed by atoms with Crippen LogP contribution in [-0.4, -0.2) is 28.2 Å². The number of nitriles is 4. The summed E-state index contributed by atoms with van der Waals surface area (Å²) in [5.74, 6) is 1.18. The van der Waals surface area contributed by atoms with Gasteiger partial charge >= 0.3 is 0 Å². The number of hydrogen-bond donors (Lipinski definition) is 0. The molecule has 15 aromatic rings. The fraction of sp³-hybridized carbons (Fsp3) is 0.0286. The molecular formula is C70H40N10. The normalized spacial score (nSPS) is 11.6. The smallest absolute Gasteiger partial charge is 0.165 e.